The molecule has 0 radical (unpaired) electrons. The van der Waals surface area contributed by atoms with E-state index in [-0.39, 0.29) is 69.5 Å². The molecule has 0 bridgehead atoms. The normalized spacial score (nSPS) is 10.2. The minimum absolute atomic E-state index is 0. The van der Waals surface area contributed by atoms with Crippen LogP contribution in [0.5, 0.6) is 0 Å². The Kier molecular flexibility index (Phi) is 10.3. The van der Waals surface area contributed by atoms with Crippen LogP contribution in [0.1, 0.15) is 37.9 Å². The van der Waals surface area contributed by atoms with E-state index < -0.39 is 23.6 Å². The fraction of sp³-hybridized carbons (Fsp3) is 0.200. The van der Waals surface area contributed by atoms with Gasteiger partial charge in [0, 0.05) is 44.6 Å². The van der Waals surface area contributed by atoms with Gasteiger partial charge in [-0.15, -0.1) is 23.7 Å². The molecule has 0 aliphatic rings. The molecule has 4 amide bonds. The molecule has 0 aromatic carbocycles. The molecule has 0 saturated heterocycles. The highest BCUT2D eigenvalue weighted by molar-refractivity contribution is 9.12. The highest BCUT2D eigenvalue weighted by Crippen LogP contribution is 2.19. The predicted octanol–water partition coefficient (Wildman–Crippen LogP) is 1.44. The quantitative estimate of drug-likeness (QED) is 0.109. The number of amides is 4. The van der Waals surface area contributed by atoms with Gasteiger partial charge in [0.15, 0.2) is 16.8 Å². The van der Waals surface area contributed by atoms with Gasteiger partial charge in [0.1, 0.15) is 17.1 Å². The second-order valence-corrected chi connectivity index (χ2v) is 9.23. The zero-order valence-electron chi connectivity index (χ0n) is 20.0. The van der Waals surface area contributed by atoms with Gasteiger partial charge in [-0.1, -0.05) is 6.58 Å². The molecule has 3 rings (SSSR count). The van der Waals surface area contributed by atoms with Crippen molar-refractivity contribution in [3.63, 3.8) is 0 Å². The average molecular weight is 629 g/mol. The molecule has 3 heterocycles. The molecule has 7 N–H and O–H groups in total. The highest BCUT2D eigenvalue weighted by atomic mass is 79.9. The first-order valence-corrected chi connectivity index (χ1v) is 12.0. The lowest BCUT2D eigenvalue weighted by molar-refractivity contribution is -0.112. The molecule has 202 valence electrons. The van der Waals surface area contributed by atoms with Gasteiger partial charge < -0.3 is 21.7 Å². The SMILES string of the molecule is C=C(Br)C(=O)Nc1nc(C(=O)Nc2cc(C(=O)Nc3cc(C(=O)NCCC(=N)N)n(C)n3)n(C)n2)cs1.Cl. The van der Waals surface area contributed by atoms with Crippen LogP contribution in [0.3, 0.4) is 0 Å². The molecule has 0 saturated carbocycles. The lowest BCUT2D eigenvalue weighted by atomic mass is 10.3. The Morgan fingerprint density at radius 2 is 1.58 bits per heavy atom. The number of nitrogens with one attached hydrogen (secondary N) is 5. The molecule has 0 fully saturated rings. The Morgan fingerprint density at radius 3 is 2.13 bits per heavy atom. The standard InChI is InChI=1S/C20H22BrN11O4S.ClH/c1-9(21)16(33)28-20-25-10(8-37-20)17(34)26-14-7-12(32(3)29-14)19(36)27-15-6-11(31(2)30-15)18(35)24-5-4-13(22)23;/h6-8H,1,4-5H2,2-3H3,(H3,22,23)(H,24,35)(H,25,28,33)(H,26,29,34)(H,27,30,36);1H. The van der Waals surface area contributed by atoms with Crippen molar-refractivity contribution in [1.82, 2.24) is 29.9 Å². The van der Waals surface area contributed by atoms with Crippen molar-refractivity contribution in [1.29, 1.82) is 5.41 Å². The van der Waals surface area contributed by atoms with Crippen LogP contribution >= 0.6 is 39.7 Å². The highest BCUT2D eigenvalue weighted by Gasteiger charge is 2.20. The summed E-state index contributed by atoms with van der Waals surface area (Å²) in [5, 5.41) is 27.3. The van der Waals surface area contributed by atoms with Crippen molar-refractivity contribution in [2.75, 3.05) is 22.5 Å². The molecule has 0 aliphatic heterocycles. The third-order valence-electron chi connectivity index (χ3n) is 4.59. The number of aromatic nitrogens is 5. The molecular formula is C20H23BrClN11O4S. The Hall–Kier alpha value is -4.09. The predicted molar refractivity (Wildman–Crippen MR) is 147 cm³/mol. The van der Waals surface area contributed by atoms with Crippen LogP contribution in [-0.2, 0) is 18.9 Å². The number of thiazole rings is 1. The maximum absolute atomic E-state index is 12.8. The Morgan fingerprint density at radius 1 is 1.03 bits per heavy atom. The molecule has 3 aromatic heterocycles. The Bertz CT molecular complexity index is 1410. The third kappa shape index (κ3) is 7.70. The van der Waals surface area contributed by atoms with Crippen LogP contribution in [-0.4, -0.2) is 60.6 Å². The van der Waals surface area contributed by atoms with Crippen molar-refractivity contribution in [3.8, 4) is 0 Å². The van der Waals surface area contributed by atoms with Gasteiger partial charge in [-0.25, -0.2) is 4.98 Å². The second kappa shape index (κ2) is 12.9. The molecule has 0 unspecified atom stereocenters. The summed E-state index contributed by atoms with van der Waals surface area (Å²) in [4.78, 5) is 53.3. The van der Waals surface area contributed by atoms with E-state index in [0.717, 1.165) is 11.3 Å². The van der Waals surface area contributed by atoms with Crippen LogP contribution in [0.2, 0.25) is 0 Å². The lowest BCUT2D eigenvalue weighted by Crippen LogP contribution is -2.29. The minimum atomic E-state index is -0.593. The number of carbonyl (C=O) groups is 4. The van der Waals surface area contributed by atoms with Crippen LogP contribution in [0.4, 0.5) is 16.8 Å². The van der Waals surface area contributed by atoms with E-state index in [4.69, 9.17) is 11.1 Å². The van der Waals surface area contributed by atoms with Gasteiger partial charge in [0.25, 0.3) is 23.6 Å². The average Bonchev–Trinajstić information content (AvgIpc) is 3.52. The Balaban J connectivity index is 0.00000507. The molecule has 18 heteroatoms. The van der Waals surface area contributed by atoms with Crippen molar-refractivity contribution < 1.29 is 19.2 Å². The molecule has 38 heavy (non-hydrogen) atoms. The van der Waals surface area contributed by atoms with E-state index in [9.17, 15) is 19.2 Å². The summed E-state index contributed by atoms with van der Waals surface area (Å²) in [7, 11) is 3.05. The molecule has 0 atom stereocenters. The molecule has 0 spiro atoms. The van der Waals surface area contributed by atoms with Crippen molar-refractivity contribution >= 4 is 85.9 Å². The first-order valence-electron chi connectivity index (χ1n) is 10.4. The Labute approximate surface area is 234 Å². The number of amidine groups is 1. The van der Waals surface area contributed by atoms with Crippen LogP contribution < -0.4 is 27.0 Å². The van der Waals surface area contributed by atoms with Crippen molar-refractivity contribution in [3.05, 3.63) is 45.7 Å². The summed E-state index contributed by atoms with van der Waals surface area (Å²) in [6.07, 6.45) is 0.208. The largest absolute Gasteiger partial charge is 0.388 e. The number of nitrogens with two attached hydrogens (primary N) is 1. The zero-order chi connectivity index (χ0) is 27.3. The van der Waals surface area contributed by atoms with E-state index in [2.05, 4.69) is 59.0 Å². The number of halogens is 2. The first-order chi connectivity index (χ1) is 17.4. The molecule has 15 nitrogen and oxygen atoms in total. The molecule has 0 aliphatic carbocycles. The summed E-state index contributed by atoms with van der Waals surface area (Å²) in [6.45, 7) is 3.64. The van der Waals surface area contributed by atoms with Gasteiger partial charge in [-0.2, -0.15) is 10.2 Å². The van der Waals surface area contributed by atoms with Crippen molar-refractivity contribution in [2.45, 2.75) is 6.42 Å². The van der Waals surface area contributed by atoms with E-state index >= 15 is 0 Å². The number of nitrogens with zero attached hydrogens (tertiary/aromatic N) is 5. The van der Waals surface area contributed by atoms with Crippen LogP contribution in [0, 0.1) is 5.41 Å². The number of hydrogen-bond acceptors (Lipinski definition) is 9. The summed E-state index contributed by atoms with van der Waals surface area (Å²) < 4.78 is 2.67. The van der Waals surface area contributed by atoms with Gasteiger partial charge in [-0.3, -0.25) is 39.3 Å². The summed E-state index contributed by atoms with van der Waals surface area (Å²) >= 11 is 4.01. The van der Waals surface area contributed by atoms with Gasteiger partial charge in [-0.05, 0) is 15.9 Å². The fourth-order valence-corrected chi connectivity index (χ4v) is 3.63. The maximum Gasteiger partial charge on any atom is 0.276 e. The van der Waals surface area contributed by atoms with Gasteiger partial charge >= 0.3 is 0 Å². The van der Waals surface area contributed by atoms with Crippen LogP contribution in [0.25, 0.3) is 0 Å². The topological polar surface area (TPSA) is 215 Å². The number of aryl methyl sites for hydroxylation is 2. The van der Waals surface area contributed by atoms with E-state index in [0.29, 0.717) is 0 Å². The smallest absolute Gasteiger partial charge is 0.276 e. The van der Waals surface area contributed by atoms with E-state index in [1.807, 2.05) is 0 Å². The minimum Gasteiger partial charge on any atom is -0.388 e. The van der Waals surface area contributed by atoms with Gasteiger partial charge in [0.2, 0.25) is 0 Å². The van der Waals surface area contributed by atoms with E-state index in [1.165, 1.54) is 33.9 Å². The summed E-state index contributed by atoms with van der Waals surface area (Å²) in [6, 6.07) is 2.75. The zero-order valence-corrected chi connectivity index (χ0v) is 23.2. The summed E-state index contributed by atoms with van der Waals surface area (Å²) in [5.74, 6) is -1.93. The van der Waals surface area contributed by atoms with E-state index in [1.54, 1.807) is 7.05 Å². The van der Waals surface area contributed by atoms with Crippen molar-refractivity contribution in [2.24, 2.45) is 19.8 Å². The fourth-order valence-electron chi connectivity index (χ4n) is 2.84. The molecule has 3 aromatic rings. The first kappa shape index (κ1) is 30.1. The third-order valence-corrected chi connectivity index (χ3v) is 5.71. The second-order valence-electron chi connectivity index (χ2n) is 7.41. The monoisotopic (exact) mass is 627 g/mol. The maximum atomic E-state index is 12.8. The number of rotatable bonds is 10. The number of hydrogen-bond donors (Lipinski definition) is 6. The van der Waals surface area contributed by atoms with Gasteiger partial charge in [0.05, 0.1) is 10.3 Å². The number of anilines is 3. The number of carbonyl (C=O) groups excluding carboxylic acids is 4. The summed E-state index contributed by atoms with van der Waals surface area (Å²) in [5.41, 5.74) is 5.61. The lowest BCUT2D eigenvalue weighted by Gasteiger charge is -2.03. The van der Waals surface area contributed by atoms with Crippen LogP contribution in [0.15, 0.2) is 28.6 Å². The molecular weight excluding hydrogens is 606 g/mol.